The Morgan fingerprint density at radius 3 is 2.67 bits per heavy atom. The van der Waals surface area contributed by atoms with Gasteiger partial charge >= 0.3 is 0 Å². The maximum absolute atomic E-state index is 13.3. The number of pyridine rings is 1. The van der Waals surface area contributed by atoms with Crippen molar-refractivity contribution < 1.29 is 13.9 Å². The fourth-order valence-electron chi connectivity index (χ4n) is 1.12. The summed E-state index contributed by atoms with van der Waals surface area (Å²) in [7, 11) is 0. The van der Waals surface area contributed by atoms with Crippen molar-refractivity contribution in [3.05, 3.63) is 28.3 Å². The molecule has 0 spiro atoms. The van der Waals surface area contributed by atoms with Crippen molar-refractivity contribution in [3.8, 4) is 5.88 Å². The van der Waals surface area contributed by atoms with Crippen LogP contribution in [0, 0.1) is 5.95 Å². The molecule has 0 unspecified atom stereocenters. The standard InChI is InChI=1S/C11H13Cl2FN2O2/c1-4-17-5(2)6(3)18-11-8(13)9(15)7(12)10(14)16-11/h6H,2,4H2,1,3H3,(H2,15,16)/t6-/m1/s1. The normalized spacial score (nSPS) is 12.1. The third-order valence-electron chi connectivity index (χ3n) is 2.11. The number of nitrogens with two attached hydrogens (primary N) is 1. The molecule has 18 heavy (non-hydrogen) atoms. The van der Waals surface area contributed by atoms with Crippen molar-refractivity contribution in [3.63, 3.8) is 0 Å². The van der Waals surface area contributed by atoms with Gasteiger partial charge in [0, 0.05) is 0 Å². The minimum Gasteiger partial charge on any atom is -0.495 e. The van der Waals surface area contributed by atoms with Crippen LogP contribution in [0.5, 0.6) is 5.88 Å². The van der Waals surface area contributed by atoms with Crippen molar-refractivity contribution in [1.29, 1.82) is 0 Å². The summed E-state index contributed by atoms with van der Waals surface area (Å²) in [5, 5.41) is -0.374. The molecule has 0 aliphatic carbocycles. The topological polar surface area (TPSA) is 57.4 Å². The van der Waals surface area contributed by atoms with Crippen LogP contribution in [-0.4, -0.2) is 17.7 Å². The molecular formula is C11H13Cl2FN2O2. The molecule has 7 heteroatoms. The Balaban J connectivity index is 2.95. The SMILES string of the molecule is C=C(OCC)[C@@H](C)Oc1nc(F)c(Cl)c(N)c1Cl. The number of nitrogens with zero attached hydrogens (tertiary/aromatic N) is 1. The minimum atomic E-state index is -0.942. The second-order valence-corrected chi connectivity index (χ2v) is 4.16. The van der Waals surface area contributed by atoms with E-state index in [1.165, 1.54) is 0 Å². The summed E-state index contributed by atoms with van der Waals surface area (Å²) in [5.74, 6) is -0.712. The van der Waals surface area contributed by atoms with E-state index in [0.717, 1.165) is 0 Å². The van der Waals surface area contributed by atoms with Gasteiger partial charge in [0.15, 0.2) is 6.10 Å². The van der Waals surface area contributed by atoms with Gasteiger partial charge in [-0.1, -0.05) is 29.8 Å². The Kier molecular flexibility index (Phi) is 5.04. The van der Waals surface area contributed by atoms with Crippen LogP contribution in [0.4, 0.5) is 10.1 Å². The fourth-order valence-corrected chi connectivity index (χ4v) is 1.49. The van der Waals surface area contributed by atoms with Crippen molar-refractivity contribution in [2.45, 2.75) is 20.0 Å². The maximum atomic E-state index is 13.3. The fraction of sp³-hybridized carbons (Fsp3) is 0.364. The van der Waals surface area contributed by atoms with Gasteiger partial charge in [-0.05, 0) is 13.8 Å². The average molecular weight is 295 g/mol. The van der Waals surface area contributed by atoms with Gasteiger partial charge in [-0.15, -0.1) is 0 Å². The molecule has 4 nitrogen and oxygen atoms in total. The van der Waals surface area contributed by atoms with Crippen LogP contribution in [0.3, 0.4) is 0 Å². The van der Waals surface area contributed by atoms with E-state index in [9.17, 15) is 4.39 Å². The van der Waals surface area contributed by atoms with Crippen LogP contribution in [0.15, 0.2) is 12.3 Å². The number of anilines is 1. The first-order valence-corrected chi connectivity index (χ1v) is 5.92. The van der Waals surface area contributed by atoms with Crippen LogP contribution in [0.25, 0.3) is 0 Å². The molecule has 1 atom stereocenters. The smallest absolute Gasteiger partial charge is 0.238 e. The lowest BCUT2D eigenvalue weighted by Gasteiger charge is -2.18. The lowest BCUT2D eigenvalue weighted by Crippen LogP contribution is -2.18. The Hall–Kier alpha value is -1.20. The second-order valence-electron chi connectivity index (χ2n) is 3.41. The summed E-state index contributed by atoms with van der Waals surface area (Å²) in [6.07, 6.45) is -0.546. The Labute approximate surface area is 114 Å². The van der Waals surface area contributed by atoms with Gasteiger partial charge in [0.05, 0.1) is 12.3 Å². The van der Waals surface area contributed by atoms with E-state index in [-0.39, 0.29) is 21.6 Å². The van der Waals surface area contributed by atoms with Crippen molar-refractivity contribution >= 4 is 28.9 Å². The summed E-state index contributed by atoms with van der Waals surface area (Å²) >= 11 is 11.4. The van der Waals surface area contributed by atoms with E-state index in [2.05, 4.69) is 11.6 Å². The molecule has 1 aromatic rings. The highest BCUT2D eigenvalue weighted by atomic mass is 35.5. The lowest BCUT2D eigenvalue weighted by molar-refractivity contribution is 0.131. The highest BCUT2D eigenvalue weighted by Gasteiger charge is 2.19. The molecule has 2 N–H and O–H groups in total. The van der Waals surface area contributed by atoms with Gasteiger partial charge in [-0.2, -0.15) is 9.37 Å². The van der Waals surface area contributed by atoms with E-state index >= 15 is 0 Å². The predicted octanol–water partition coefficient (Wildman–Crippen LogP) is 3.43. The molecular weight excluding hydrogens is 282 g/mol. The first-order chi connectivity index (χ1) is 8.38. The summed E-state index contributed by atoms with van der Waals surface area (Å²) < 4.78 is 23.8. The monoisotopic (exact) mass is 294 g/mol. The minimum absolute atomic E-state index is 0.0439. The number of ether oxygens (including phenoxy) is 2. The van der Waals surface area contributed by atoms with Gasteiger partial charge in [0.25, 0.3) is 0 Å². The van der Waals surface area contributed by atoms with Gasteiger partial charge in [-0.25, -0.2) is 0 Å². The molecule has 0 radical (unpaired) electrons. The number of hydrogen-bond acceptors (Lipinski definition) is 4. The summed E-state index contributed by atoms with van der Waals surface area (Å²) in [6, 6.07) is 0. The number of nitrogen functional groups attached to an aromatic ring is 1. The maximum Gasteiger partial charge on any atom is 0.238 e. The van der Waals surface area contributed by atoms with Crippen LogP contribution in [0.1, 0.15) is 13.8 Å². The number of rotatable bonds is 5. The molecule has 0 saturated heterocycles. The van der Waals surface area contributed by atoms with Crippen LogP contribution in [-0.2, 0) is 4.74 Å². The van der Waals surface area contributed by atoms with Crippen molar-refractivity contribution in [2.24, 2.45) is 0 Å². The first kappa shape index (κ1) is 14.9. The molecule has 0 amide bonds. The van der Waals surface area contributed by atoms with Crippen LogP contribution >= 0.6 is 23.2 Å². The lowest BCUT2D eigenvalue weighted by atomic mass is 10.3. The van der Waals surface area contributed by atoms with Crippen LogP contribution in [0.2, 0.25) is 10.0 Å². The highest BCUT2D eigenvalue weighted by Crippen LogP contribution is 2.35. The number of hydrogen-bond donors (Lipinski definition) is 1. The molecule has 0 aromatic carbocycles. The zero-order valence-corrected chi connectivity index (χ0v) is 11.5. The molecule has 1 rings (SSSR count). The molecule has 0 aliphatic rings. The molecule has 0 saturated carbocycles. The van der Waals surface area contributed by atoms with Gasteiger partial charge < -0.3 is 15.2 Å². The van der Waals surface area contributed by atoms with Gasteiger partial charge in [0.1, 0.15) is 15.8 Å². The quantitative estimate of drug-likeness (QED) is 0.668. The largest absolute Gasteiger partial charge is 0.495 e. The first-order valence-electron chi connectivity index (χ1n) is 5.16. The molecule has 0 bridgehead atoms. The zero-order chi connectivity index (χ0) is 13.9. The predicted molar refractivity (Wildman–Crippen MR) is 69.5 cm³/mol. The van der Waals surface area contributed by atoms with Crippen LogP contribution < -0.4 is 10.5 Å². The molecule has 0 fully saturated rings. The number of halogens is 3. The van der Waals surface area contributed by atoms with E-state index in [1.807, 2.05) is 6.92 Å². The highest BCUT2D eigenvalue weighted by molar-refractivity contribution is 6.39. The third kappa shape index (κ3) is 3.17. The second kappa shape index (κ2) is 6.11. The van der Waals surface area contributed by atoms with Crippen molar-refractivity contribution in [1.82, 2.24) is 4.98 Å². The van der Waals surface area contributed by atoms with Gasteiger partial charge in [0.2, 0.25) is 11.8 Å². The summed E-state index contributed by atoms with van der Waals surface area (Å²) in [5.41, 5.74) is 5.40. The van der Waals surface area contributed by atoms with Gasteiger partial charge in [-0.3, -0.25) is 0 Å². The molecule has 1 heterocycles. The van der Waals surface area contributed by atoms with Crippen molar-refractivity contribution in [2.75, 3.05) is 12.3 Å². The Bertz CT molecular complexity index is 469. The summed E-state index contributed by atoms with van der Waals surface area (Å²) in [6.45, 7) is 7.59. The Morgan fingerprint density at radius 2 is 2.11 bits per heavy atom. The van der Waals surface area contributed by atoms with E-state index in [4.69, 9.17) is 38.4 Å². The molecule has 0 aliphatic heterocycles. The average Bonchev–Trinajstić information content (AvgIpc) is 2.33. The van der Waals surface area contributed by atoms with E-state index in [1.54, 1.807) is 6.92 Å². The number of aromatic nitrogens is 1. The molecule has 1 aromatic heterocycles. The van der Waals surface area contributed by atoms with E-state index < -0.39 is 12.1 Å². The van der Waals surface area contributed by atoms with E-state index in [0.29, 0.717) is 12.4 Å². The summed E-state index contributed by atoms with van der Waals surface area (Å²) in [4.78, 5) is 3.49. The third-order valence-corrected chi connectivity index (χ3v) is 2.84. The zero-order valence-electron chi connectivity index (χ0n) is 9.97. The molecule has 100 valence electrons. The Morgan fingerprint density at radius 1 is 1.50 bits per heavy atom.